The van der Waals surface area contributed by atoms with Crippen molar-refractivity contribution in [1.82, 2.24) is 15.2 Å². The van der Waals surface area contributed by atoms with Crippen LogP contribution in [0.15, 0.2) is 42.7 Å². The van der Waals surface area contributed by atoms with Crippen LogP contribution in [-0.4, -0.2) is 46.1 Å². The Balaban J connectivity index is 1.47. The van der Waals surface area contributed by atoms with Crippen LogP contribution in [0.5, 0.6) is 11.5 Å². The van der Waals surface area contributed by atoms with Crippen molar-refractivity contribution in [3.05, 3.63) is 53.9 Å². The van der Waals surface area contributed by atoms with Crippen LogP contribution in [0.2, 0.25) is 0 Å². The van der Waals surface area contributed by atoms with Gasteiger partial charge >= 0.3 is 5.97 Å². The van der Waals surface area contributed by atoms with Gasteiger partial charge in [0.05, 0.1) is 12.7 Å². The molecule has 6 heteroatoms. The quantitative estimate of drug-likeness (QED) is 0.707. The second-order valence-electron chi connectivity index (χ2n) is 7.05. The highest BCUT2D eigenvalue weighted by atomic mass is 16.5. The van der Waals surface area contributed by atoms with Crippen molar-refractivity contribution >= 4 is 5.97 Å². The van der Waals surface area contributed by atoms with Crippen molar-refractivity contribution < 1.29 is 14.6 Å². The number of aromatic nitrogens is 1. The fourth-order valence-corrected chi connectivity index (χ4v) is 3.46. The lowest BCUT2D eigenvalue weighted by Gasteiger charge is -2.42. The summed E-state index contributed by atoms with van der Waals surface area (Å²) in [4.78, 5) is 17.0. The molecule has 0 atom stereocenters. The van der Waals surface area contributed by atoms with E-state index >= 15 is 0 Å². The van der Waals surface area contributed by atoms with E-state index in [4.69, 9.17) is 9.84 Å². The number of carboxylic acid groups (broad SMARTS) is 1. The maximum absolute atomic E-state index is 10.9. The van der Waals surface area contributed by atoms with E-state index in [2.05, 4.69) is 22.4 Å². The van der Waals surface area contributed by atoms with Crippen molar-refractivity contribution in [2.75, 3.05) is 13.1 Å². The second kappa shape index (κ2) is 8.97. The van der Waals surface area contributed by atoms with Gasteiger partial charge in [-0.25, -0.2) is 0 Å². The number of carboxylic acids is 1. The van der Waals surface area contributed by atoms with Gasteiger partial charge in [-0.2, -0.15) is 0 Å². The van der Waals surface area contributed by atoms with E-state index in [0.717, 1.165) is 43.0 Å². The number of ether oxygens (including phenoxy) is 1. The zero-order chi connectivity index (χ0) is 19.2. The molecule has 1 aromatic heterocycles. The Morgan fingerprint density at radius 1 is 1.37 bits per heavy atom. The number of rotatable bonds is 9. The first-order valence-corrected chi connectivity index (χ1v) is 9.41. The van der Waals surface area contributed by atoms with Crippen LogP contribution < -0.4 is 10.1 Å². The third-order valence-corrected chi connectivity index (χ3v) is 5.07. The molecule has 2 aromatic rings. The Bertz CT molecular complexity index is 761. The number of aliphatic carboxylic acids is 1. The largest absolute Gasteiger partial charge is 0.480 e. The summed E-state index contributed by atoms with van der Waals surface area (Å²) < 4.78 is 5.87. The number of benzene rings is 1. The van der Waals surface area contributed by atoms with Crippen LogP contribution in [0.1, 0.15) is 30.9 Å². The molecule has 1 aliphatic carbocycles. The molecule has 1 saturated carbocycles. The lowest BCUT2D eigenvalue weighted by molar-refractivity contribution is -0.139. The summed E-state index contributed by atoms with van der Waals surface area (Å²) in [6, 6.07) is 10.8. The number of likely N-dealkylation sites (N-methyl/N-ethyl adjacent to an activating group) is 1. The zero-order valence-electron chi connectivity index (χ0n) is 15.9. The van der Waals surface area contributed by atoms with E-state index in [-0.39, 0.29) is 6.54 Å². The van der Waals surface area contributed by atoms with Crippen molar-refractivity contribution in [2.45, 2.75) is 45.3 Å². The minimum Gasteiger partial charge on any atom is -0.480 e. The summed E-state index contributed by atoms with van der Waals surface area (Å²) in [7, 11) is 0. The molecule has 1 aliphatic rings. The molecule has 1 fully saturated rings. The molecule has 0 aliphatic heterocycles. The van der Waals surface area contributed by atoms with E-state index in [1.807, 2.05) is 36.9 Å². The number of carbonyl (C=O) groups is 1. The topological polar surface area (TPSA) is 74.7 Å². The van der Waals surface area contributed by atoms with Crippen molar-refractivity contribution in [3.63, 3.8) is 0 Å². The molecule has 1 heterocycles. The number of hydrogen-bond acceptors (Lipinski definition) is 5. The molecular formula is C21H27N3O3. The van der Waals surface area contributed by atoms with Crippen molar-refractivity contribution in [1.29, 1.82) is 0 Å². The lowest BCUT2D eigenvalue weighted by Crippen LogP contribution is -2.53. The number of nitrogens with zero attached hydrogens (tertiary/aromatic N) is 2. The molecule has 3 rings (SSSR count). The molecule has 2 N–H and O–H groups in total. The predicted molar refractivity (Wildman–Crippen MR) is 104 cm³/mol. The molecule has 0 radical (unpaired) electrons. The van der Waals surface area contributed by atoms with Crippen LogP contribution in [0, 0.1) is 6.92 Å². The molecule has 0 bridgehead atoms. The Labute approximate surface area is 160 Å². The molecule has 144 valence electrons. The first-order valence-electron chi connectivity index (χ1n) is 9.41. The van der Waals surface area contributed by atoms with Gasteiger partial charge in [-0.3, -0.25) is 14.7 Å². The van der Waals surface area contributed by atoms with Gasteiger partial charge in [0.2, 0.25) is 0 Å². The smallest absolute Gasteiger partial charge is 0.317 e. The highest BCUT2D eigenvalue weighted by molar-refractivity contribution is 5.69. The Kier molecular flexibility index (Phi) is 6.42. The van der Waals surface area contributed by atoms with Crippen LogP contribution in [0.4, 0.5) is 0 Å². The third kappa shape index (κ3) is 5.28. The summed E-state index contributed by atoms with van der Waals surface area (Å²) in [5.41, 5.74) is 2.30. The lowest BCUT2D eigenvalue weighted by atomic mass is 9.85. The fourth-order valence-electron chi connectivity index (χ4n) is 3.46. The summed E-state index contributed by atoms with van der Waals surface area (Å²) in [5, 5.41) is 12.5. The minimum absolute atomic E-state index is 0.130. The van der Waals surface area contributed by atoms with Gasteiger partial charge in [0.25, 0.3) is 0 Å². The molecule has 0 saturated heterocycles. The number of pyridine rings is 1. The SMILES string of the molecule is CCN(CC(=O)O)C1CC(NCc2ccc(Oc3cccnc3)c(C)c2)C1. The summed E-state index contributed by atoms with van der Waals surface area (Å²) in [6.45, 7) is 5.77. The van der Waals surface area contributed by atoms with Gasteiger partial charge in [0, 0.05) is 24.8 Å². The Morgan fingerprint density at radius 3 is 2.81 bits per heavy atom. The normalized spacial score (nSPS) is 18.9. The number of hydrogen-bond donors (Lipinski definition) is 2. The van der Waals surface area contributed by atoms with E-state index < -0.39 is 5.97 Å². The summed E-state index contributed by atoms with van der Waals surface area (Å²) in [6.07, 6.45) is 5.43. The Hall–Kier alpha value is -2.44. The van der Waals surface area contributed by atoms with Gasteiger partial charge in [-0.1, -0.05) is 19.1 Å². The molecule has 27 heavy (non-hydrogen) atoms. The van der Waals surface area contributed by atoms with Gasteiger partial charge in [-0.05, 0) is 55.6 Å². The predicted octanol–water partition coefficient (Wildman–Crippen LogP) is 3.21. The van der Waals surface area contributed by atoms with E-state index in [1.165, 1.54) is 5.56 Å². The standard InChI is InChI=1S/C21H27N3O3/c1-3-24(14-21(25)26)18-10-17(11-18)23-12-16-6-7-20(15(2)9-16)27-19-5-4-8-22-13-19/h4-9,13,17-18,23H,3,10-12,14H2,1-2H3,(H,25,26). The molecule has 0 spiro atoms. The average Bonchev–Trinajstić information content (AvgIpc) is 2.62. The van der Waals surface area contributed by atoms with Crippen LogP contribution >= 0.6 is 0 Å². The minimum atomic E-state index is -0.752. The van der Waals surface area contributed by atoms with E-state index in [9.17, 15) is 4.79 Å². The Morgan fingerprint density at radius 2 is 2.19 bits per heavy atom. The zero-order valence-corrected chi connectivity index (χ0v) is 15.9. The molecule has 6 nitrogen and oxygen atoms in total. The highest BCUT2D eigenvalue weighted by Crippen LogP contribution is 2.27. The second-order valence-corrected chi connectivity index (χ2v) is 7.05. The highest BCUT2D eigenvalue weighted by Gasteiger charge is 2.33. The van der Waals surface area contributed by atoms with Crippen molar-refractivity contribution in [2.24, 2.45) is 0 Å². The maximum Gasteiger partial charge on any atom is 0.317 e. The average molecular weight is 369 g/mol. The monoisotopic (exact) mass is 369 g/mol. The summed E-state index contributed by atoms with van der Waals surface area (Å²) >= 11 is 0. The van der Waals surface area contributed by atoms with Crippen LogP contribution in [0.25, 0.3) is 0 Å². The third-order valence-electron chi connectivity index (χ3n) is 5.07. The van der Waals surface area contributed by atoms with Gasteiger partial charge in [-0.15, -0.1) is 0 Å². The maximum atomic E-state index is 10.9. The number of nitrogens with one attached hydrogen (secondary N) is 1. The van der Waals surface area contributed by atoms with E-state index in [0.29, 0.717) is 12.1 Å². The van der Waals surface area contributed by atoms with Crippen molar-refractivity contribution in [3.8, 4) is 11.5 Å². The summed E-state index contributed by atoms with van der Waals surface area (Å²) in [5.74, 6) is 0.814. The van der Waals surface area contributed by atoms with Crippen LogP contribution in [0.3, 0.4) is 0 Å². The van der Waals surface area contributed by atoms with Gasteiger partial charge < -0.3 is 15.2 Å². The number of aryl methyl sites for hydroxylation is 1. The van der Waals surface area contributed by atoms with Gasteiger partial charge in [0.1, 0.15) is 11.5 Å². The molecule has 0 amide bonds. The molecule has 0 unspecified atom stereocenters. The molecular weight excluding hydrogens is 342 g/mol. The van der Waals surface area contributed by atoms with Gasteiger partial charge in [0.15, 0.2) is 0 Å². The first-order chi connectivity index (χ1) is 13.0. The first kappa shape index (κ1) is 19.3. The van der Waals surface area contributed by atoms with E-state index in [1.54, 1.807) is 12.4 Å². The molecule has 1 aromatic carbocycles. The fraction of sp³-hybridized carbons (Fsp3) is 0.429. The van der Waals surface area contributed by atoms with Crippen LogP contribution in [-0.2, 0) is 11.3 Å².